The van der Waals surface area contributed by atoms with Crippen LogP contribution in [0.2, 0.25) is 0 Å². The quantitative estimate of drug-likeness (QED) is 0.387. The standard InChI is InChI=1S/C24H33N3O6/c1-26-13-24(12-25)17(10-19(30-3)31-4)16(11-33-14-29-2)22(26)21(24)20-15-8-6-7-9-18(15)27(32-5)23(20)28/h6-9,16-17,19-22H,10-11,13-14H2,1-5H3/t16?,17?,20-,21-,22?,24?/m0/s1. The number of piperidine rings is 1. The minimum absolute atomic E-state index is 0.00732. The number of benzene rings is 1. The number of ether oxygens (including phenoxy) is 4. The number of carbonyl (C=O) groups excluding carboxylic acids is 1. The second-order valence-electron chi connectivity index (χ2n) is 9.12. The Bertz CT molecular complexity index is 902. The van der Waals surface area contributed by atoms with Gasteiger partial charge in [0.25, 0.3) is 5.91 Å². The molecule has 0 N–H and O–H groups in total. The van der Waals surface area contributed by atoms with E-state index in [9.17, 15) is 10.1 Å². The lowest BCUT2D eigenvalue weighted by Crippen LogP contribution is -2.47. The number of hydroxylamine groups is 1. The summed E-state index contributed by atoms with van der Waals surface area (Å²) in [5.41, 5.74) is 0.876. The number of methoxy groups -OCH3 is 3. The molecule has 3 aliphatic rings. The monoisotopic (exact) mass is 459 g/mol. The van der Waals surface area contributed by atoms with Crippen LogP contribution >= 0.6 is 0 Å². The molecule has 0 aromatic heterocycles. The van der Waals surface area contributed by atoms with Crippen LogP contribution in [0.25, 0.3) is 0 Å². The zero-order chi connectivity index (χ0) is 23.8. The van der Waals surface area contributed by atoms with Gasteiger partial charge in [0.15, 0.2) is 6.29 Å². The summed E-state index contributed by atoms with van der Waals surface area (Å²) in [6.07, 6.45) is 0.0939. The minimum Gasteiger partial charge on any atom is -0.359 e. The molecule has 4 rings (SSSR count). The van der Waals surface area contributed by atoms with Crippen molar-refractivity contribution in [2.24, 2.45) is 23.2 Å². The van der Waals surface area contributed by atoms with Crippen molar-refractivity contribution in [1.82, 2.24) is 4.90 Å². The number of hydrogen-bond donors (Lipinski definition) is 0. The van der Waals surface area contributed by atoms with E-state index in [1.807, 2.05) is 31.3 Å². The molecule has 1 saturated heterocycles. The third-order valence-electron chi connectivity index (χ3n) is 7.79. The number of nitrogens with zero attached hydrogens (tertiary/aromatic N) is 3. The van der Waals surface area contributed by atoms with Crippen LogP contribution < -0.4 is 5.06 Å². The summed E-state index contributed by atoms with van der Waals surface area (Å²) in [5, 5.41) is 12.0. The van der Waals surface area contributed by atoms with Crippen molar-refractivity contribution < 1.29 is 28.6 Å². The van der Waals surface area contributed by atoms with E-state index in [2.05, 4.69) is 11.0 Å². The molecule has 4 unspecified atom stereocenters. The molecule has 1 aliphatic carbocycles. The van der Waals surface area contributed by atoms with Crippen molar-refractivity contribution >= 4 is 11.6 Å². The molecule has 2 aliphatic heterocycles. The smallest absolute Gasteiger partial charge is 0.258 e. The maximum Gasteiger partial charge on any atom is 0.258 e. The van der Waals surface area contributed by atoms with Crippen LogP contribution in [0, 0.1) is 34.5 Å². The Labute approximate surface area is 195 Å². The van der Waals surface area contributed by atoms with Gasteiger partial charge < -0.3 is 23.8 Å². The topological polar surface area (TPSA) is 93.5 Å². The third kappa shape index (κ3) is 3.66. The number of anilines is 1. The van der Waals surface area contributed by atoms with Gasteiger partial charge in [-0.2, -0.15) is 10.3 Å². The Morgan fingerprint density at radius 3 is 2.58 bits per heavy atom. The van der Waals surface area contributed by atoms with Crippen LogP contribution in [0.4, 0.5) is 5.69 Å². The van der Waals surface area contributed by atoms with E-state index in [4.69, 9.17) is 23.8 Å². The number of hydrogen-bond acceptors (Lipinski definition) is 8. The van der Waals surface area contributed by atoms with E-state index >= 15 is 0 Å². The van der Waals surface area contributed by atoms with Crippen LogP contribution in [-0.4, -0.2) is 78.6 Å². The fraction of sp³-hybridized carbons (Fsp3) is 0.667. The Balaban J connectivity index is 1.80. The lowest BCUT2D eigenvalue weighted by atomic mass is 9.66. The molecule has 0 spiro atoms. The first-order chi connectivity index (χ1) is 16.0. The lowest BCUT2D eigenvalue weighted by Gasteiger charge is -2.40. The summed E-state index contributed by atoms with van der Waals surface area (Å²) >= 11 is 0. The van der Waals surface area contributed by atoms with Crippen molar-refractivity contribution in [1.29, 1.82) is 5.26 Å². The summed E-state index contributed by atoms with van der Waals surface area (Å²) in [6, 6.07) is 10.3. The fourth-order valence-corrected chi connectivity index (χ4v) is 6.68. The van der Waals surface area contributed by atoms with Crippen LogP contribution in [0.3, 0.4) is 0 Å². The first kappa shape index (κ1) is 24.1. The van der Waals surface area contributed by atoms with E-state index in [-0.39, 0.29) is 36.5 Å². The molecular formula is C24H33N3O6. The van der Waals surface area contributed by atoms with Crippen molar-refractivity contribution in [2.45, 2.75) is 24.7 Å². The van der Waals surface area contributed by atoms with E-state index in [0.29, 0.717) is 19.6 Å². The van der Waals surface area contributed by atoms with Gasteiger partial charge in [0.05, 0.1) is 36.8 Å². The Morgan fingerprint density at radius 2 is 1.94 bits per heavy atom. The van der Waals surface area contributed by atoms with Gasteiger partial charge in [0.2, 0.25) is 0 Å². The van der Waals surface area contributed by atoms with Crippen LogP contribution in [0.5, 0.6) is 0 Å². The second-order valence-corrected chi connectivity index (χ2v) is 9.12. The van der Waals surface area contributed by atoms with Crippen LogP contribution in [0.1, 0.15) is 17.9 Å². The van der Waals surface area contributed by atoms with Crippen molar-refractivity contribution in [3.05, 3.63) is 29.8 Å². The molecule has 2 bridgehead atoms. The van der Waals surface area contributed by atoms with Crippen molar-refractivity contribution in [3.8, 4) is 6.07 Å². The SMILES string of the molecule is COCOCC1C2[C@H]([C@H]3C(=O)N(OC)c4ccccc43)C(C#N)(CN2C)C1CC(OC)OC. The van der Waals surface area contributed by atoms with E-state index < -0.39 is 17.6 Å². The minimum atomic E-state index is -0.771. The zero-order valence-corrected chi connectivity index (χ0v) is 19.9. The Hall–Kier alpha value is -2.06. The average Bonchev–Trinajstić information content (AvgIpc) is 3.37. The molecular weight excluding hydrogens is 426 g/mol. The highest BCUT2D eigenvalue weighted by Gasteiger charge is 2.70. The van der Waals surface area contributed by atoms with Gasteiger partial charge in [-0.25, -0.2) is 0 Å². The zero-order valence-electron chi connectivity index (χ0n) is 19.9. The van der Waals surface area contributed by atoms with Crippen LogP contribution in [-0.2, 0) is 28.6 Å². The summed E-state index contributed by atoms with van der Waals surface area (Å²) in [6.45, 7) is 1.16. The lowest BCUT2D eigenvalue weighted by molar-refractivity contribution is -0.132. The molecule has 180 valence electrons. The maximum atomic E-state index is 13.6. The third-order valence-corrected chi connectivity index (χ3v) is 7.79. The van der Waals surface area contributed by atoms with Gasteiger partial charge in [-0.15, -0.1) is 0 Å². The first-order valence-electron chi connectivity index (χ1n) is 11.2. The highest BCUT2D eigenvalue weighted by atomic mass is 16.7. The largest absolute Gasteiger partial charge is 0.359 e. The molecule has 0 radical (unpaired) electrons. The highest BCUT2D eigenvalue weighted by Crippen LogP contribution is 2.65. The normalized spacial score (nSPS) is 33.2. The summed E-state index contributed by atoms with van der Waals surface area (Å²) in [5.74, 6) is -0.901. The molecule has 1 aromatic carbocycles. The van der Waals surface area contributed by atoms with Crippen molar-refractivity contribution in [2.75, 3.05) is 60.5 Å². The van der Waals surface area contributed by atoms with Gasteiger partial charge in [-0.3, -0.25) is 9.63 Å². The fourth-order valence-electron chi connectivity index (χ4n) is 6.68. The molecule has 2 fully saturated rings. The Kier molecular flexibility index (Phi) is 7.05. The van der Waals surface area contributed by atoms with Crippen molar-refractivity contribution in [3.63, 3.8) is 0 Å². The molecule has 2 heterocycles. The van der Waals surface area contributed by atoms with Gasteiger partial charge in [0.1, 0.15) is 6.79 Å². The number of rotatable bonds is 10. The molecule has 6 atom stereocenters. The summed E-state index contributed by atoms with van der Waals surface area (Å²) in [7, 11) is 8.32. The van der Waals surface area contributed by atoms with Crippen LogP contribution in [0.15, 0.2) is 24.3 Å². The Morgan fingerprint density at radius 1 is 1.21 bits per heavy atom. The molecule has 9 nitrogen and oxygen atoms in total. The summed E-state index contributed by atoms with van der Waals surface area (Å²) in [4.78, 5) is 21.3. The number of para-hydroxylation sites is 1. The predicted octanol–water partition coefficient (Wildman–Crippen LogP) is 1.99. The molecule has 33 heavy (non-hydrogen) atoms. The number of carbonyl (C=O) groups is 1. The first-order valence-corrected chi connectivity index (χ1v) is 11.2. The highest BCUT2D eigenvalue weighted by molar-refractivity contribution is 6.03. The van der Waals surface area contributed by atoms with Gasteiger partial charge in [-0.1, -0.05) is 18.2 Å². The van der Waals surface area contributed by atoms with Gasteiger partial charge in [-0.05, 0) is 24.6 Å². The second kappa shape index (κ2) is 9.66. The average molecular weight is 460 g/mol. The predicted molar refractivity (Wildman–Crippen MR) is 119 cm³/mol. The summed E-state index contributed by atoms with van der Waals surface area (Å²) < 4.78 is 22.0. The van der Waals surface area contributed by atoms with E-state index in [1.165, 1.54) is 12.2 Å². The van der Waals surface area contributed by atoms with E-state index in [0.717, 1.165) is 11.3 Å². The number of fused-ring (bicyclic) bond motifs is 3. The van der Waals surface area contributed by atoms with E-state index in [1.54, 1.807) is 21.3 Å². The molecule has 1 amide bonds. The maximum absolute atomic E-state index is 13.6. The molecule has 1 aromatic rings. The number of likely N-dealkylation sites (tertiary alicyclic amines) is 1. The van der Waals surface area contributed by atoms with Gasteiger partial charge in [0, 0.05) is 52.2 Å². The molecule has 9 heteroatoms. The molecule has 1 saturated carbocycles. The number of nitriles is 1. The van der Waals surface area contributed by atoms with Gasteiger partial charge >= 0.3 is 0 Å². The number of amides is 1.